The van der Waals surface area contributed by atoms with Crippen molar-refractivity contribution in [3.8, 4) is 5.69 Å². The van der Waals surface area contributed by atoms with E-state index < -0.39 is 5.97 Å². The summed E-state index contributed by atoms with van der Waals surface area (Å²) in [5.41, 5.74) is 2.15. The smallest absolute Gasteiger partial charge is 0.340 e. The number of carbonyl (C=O) groups excluding carboxylic acids is 1. The first kappa shape index (κ1) is 34.9. The number of esters is 1. The molecule has 0 bridgehead atoms. The summed E-state index contributed by atoms with van der Waals surface area (Å²) in [4.78, 5) is 29.6. The van der Waals surface area contributed by atoms with Gasteiger partial charge in [0.25, 0.3) is 0 Å². The van der Waals surface area contributed by atoms with Crippen molar-refractivity contribution in [2.45, 2.75) is 60.5 Å². The van der Waals surface area contributed by atoms with Gasteiger partial charge in [0.05, 0.1) is 28.7 Å². The number of aromatic amines is 1. The predicted molar refractivity (Wildman–Crippen MR) is 197 cm³/mol. The minimum atomic E-state index is -0.553. The molecular formula is C39H45N7O3. The Morgan fingerprint density at radius 1 is 0.755 bits per heavy atom. The molecule has 1 aromatic heterocycles. The number of anilines is 1. The maximum absolute atomic E-state index is 14.3. The zero-order chi connectivity index (χ0) is 34.9. The second-order valence-electron chi connectivity index (χ2n) is 13.2. The number of azo groups is 2. The highest BCUT2D eigenvalue weighted by atomic mass is 16.5. The van der Waals surface area contributed by atoms with Crippen LogP contribution >= 0.6 is 0 Å². The van der Waals surface area contributed by atoms with E-state index in [9.17, 15) is 9.59 Å². The molecular weight excluding hydrogens is 614 g/mol. The molecule has 0 amide bonds. The Morgan fingerprint density at radius 3 is 2.10 bits per heavy atom. The summed E-state index contributed by atoms with van der Waals surface area (Å²) >= 11 is 0. The molecule has 10 heteroatoms. The van der Waals surface area contributed by atoms with E-state index in [1.165, 1.54) is 0 Å². The second-order valence-corrected chi connectivity index (χ2v) is 13.2. The number of fused-ring (bicyclic) bond motifs is 1. The van der Waals surface area contributed by atoms with Gasteiger partial charge in [-0.25, -0.2) is 9.48 Å². The average molecular weight is 660 g/mol. The average Bonchev–Trinajstić information content (AvgIpc) is 3.41. The lowest BCUT2D eigenvalue weighted by Gasteiger charge is -2.25. The molecule has 0 radical (unpaired) electrons. The third-order valence-corrected chi connectivity index (χ3v) is 7.96. The number of rotatable bonds is 14. The van der Waals surface area contributed by atoms with Crippen LogP contribution in [0.15, 0.2) is 116 Å². The van der Waals surface area contributed by atoms with Crippen molar-refractivity contribution < 1.29 is 9.53 Å². The number of carbonyl (C=O) groups is 1. The highest BCUT2D eigenvalue weighted by molar-refractivity contribution is 5.96. The summed E-state index contributed by atoms with van der Waals surface area (Å²) < 4.78 is 7.08. The minimum Gasteiger partial charge on any atom is -0.459 e. The van der Waals surface area contributed by atoms with Crippen LogP contribution in [0.1, 0.15) is 64.7 Å². The van der Waals surface area contributed by atoms with Gasteiger partial charge in [-0.1, -0.05) is 82.3 Å². The maximum Gasteiger partial charge on any atom is 0.340 e. The summed E-state index contributed by atoms with van der Waals surface area (Å²) in [6.07, 6.45) is 1.54. The number of hydrogen-bond donors (Lipinski definition) is 1. The van der Waals surface area contributed by atoms with Gasteiger partial charge in [0.1, 0.15) is 5.69 Å². The molecule has 4 aromatic carbocycles. The summed E-state index contributed by atoms with van der Waals surface area (Å²) in [5.74, 6) is 0.999. The second kappa shape index (κ2) is 16.1. The lowest BCUT2D eigenvalue weighted by Crippen LogP contribution is -2.28. The van der Waals surface area contributed by atoms with Gasteiger partial charge in [-0.05, 0) is 80.3 Å². The number of aromatic nitrogens is 2. The fourth-order valence-corrected chi connectivity index (χ4v) is 5.29. The Morgan fingerprint density at radius 2 is 1.41 bits per heavy atom. The largest absolute Gasteiger partial charge is 0.459 e. The van der Waals surface area contributed by atoms with Crippen LogP contribution in [0, 0.1) is 11.8 Å². The van der Waals surface area contributed by atoms with Crippen molar-refractivity contribution >= 4 is 45.3 Å². The van der Waals surface area contributed by atoms with Gasteiger partial charge in [0.15, 0.2) is 11.5 Å². The third kappa shape index (κ3) is 8.95. The first-order valence-electron chi connectivity index (χ1n) is 16.9. The molecule has 0 aliphatic rings. The minimum absolute atomic E-state index is 0.194. The quantitative estimate of drug-likeness (QED) is 0.0943. The maximum atomic E-state index is 14.3. The van der Waals surface area contributed by atoms with Crippen LogP contribution in [0.2, 0.25) is 0 Å². The Labute approximate surface area is 287 Å². The molecule has 254 valence electrons. The number of nitrogens with zero attached hydrogens (tertiary/aromatic N) is 6. The van der Waals surface area contributed by atoms with Gasteiger partial charge in [0.2, 0.25) is 0 Å². The van der Waals surface area contributed by atoms with E-state index in [2.05, 4.69) is 58.2 Å². The molecule has 1 N–H and O–H groups in total. The van der Waals surface area contributed by atoms with Crippen LogP contribution in [-0.4, -0.2) is 34.9 Å². The van der Waals surface area contributed by atoms with E-state index in [4.69, 9.17) is 4.74 Å². The monoisotopic (exact) mass is 659 g/mol. The molecule has 0 atom stereocenters. The number of hydrogen-bond acceptors (Lipinski definition) is 8. The summed E-state index contributed by atoms with van der Waals surface area (Å²) in [6.45, 7) is 13.8. The molecule has 10 nitrogen and oxygen atoms in total. The highest BCUT2D eigenvalue weighted by Crippen LogP contribution is 2.32. The van der Waals surface area contributed by atoms with Gasteiger partial charge in [-0.15, -0.1) is 10.2 Å². The number of H-pyrrole nitrogens is 1. The van der Waals surface area contributed by atoms with E-state index in [1.54, 1.807) is 36.7 Å². The van der Waals surface area contributed by atoms with Crippen LogP contribution in [-0.2, 0) is 4.74 Å². The standard InChI is InChI=1S/C39H45N7O3/c1-26(2)21-23-45(24-22-27(3)4)37-36(38(47)46(44-37)35-18-12-14-29-13-10-11-17-32(29)35)43-41-31-19-20-34(33(25-31)39(48)49-28(5)6)42-40-30-15-8-7-9-16-30/h7-20,25-28,44H,21-24H2,1-6H3. The van der Waals surface area contributed by atoms with E-state index in [1.807, 2.05) is 72.8 Å². The molecule has 0 saturated heterocycles. The van der Waals surface area contributed by atoms with Crippen LogP contribution < -0.4 is 10.5 Å². The van der Waals surface area contributed by atoms with Gasteiger partial charge in [0, 0.05) is 18.5 Å². The van der Waals surface area contributed by atoms with Gasteiger partial charge in [-0.3, -0.25) is 9.89 Å². The van der Waals surface area contributed by atoms with Crippen molar-refractivity contribution in [1.29, 1.82) is 0 Å². The van der Waals surface area contributed by atoms with Crippen molar-refractivity contribution in [1.82, 2.24) is 9.78 Å². The molecule has 0 spiro atoms. The van der Waals surface area contributed by atoms with Crippen molar-refractivity contribution in [3.63, 3.8) is 0 Å². The normalized spacial score (nSPS) is 11.9. The number of nitrogens with one attached hydrogen (secondary N) is 1. The topological polar surface area (TPSA) is 117 Å². The third-order valence-electron chi connectivity index (χ3n) is 7.96. The van der Waals surface area contributed by atoms with Gasteiger partial charge < -0.3 is 9.64 Å². The number of ether oxygens (including phenoxy) is 1. The van der Waals surface area contributed by atoms with E-state index in [0.717, 1.165) is 42.4 Å². The van der Waals surface area contributed by atoms with Gasteiger partial charge in [-0.2, -0.15) is 10.2 Å². The summed E-state index contributed by atoms with van der Waals surface area (Å²) in [7, 11) is 0. The van der Waals surface area contributed by atoms with Crippen LogP contribution in [0.25, 0.3) is 16.5 Å². The number of benzene rings is 4. The summed E-state index contributed by atoms with van der Waals surface area (Å²) in [6, 6.07) is 28.0. The Balaban J connectivity index is 1.60. The SMILES string of the molecule is CC(C)CCN(CCC(C)C)c1[nH]n(-c2cccc3ccccc23)c(=O)c1N=Nc1ccc(N=Nc2ccccc2)c(C(=O)OC(C)C)c1. The van der Waals surface area contributed by atoms with Crippen molar-refractivity contribution in [3.05, 3.63) is 107 Å². The van der Waals surface area contributed by atoms with Crippen molar-refractivity contribution in [2.24, 2.45) is 32.3 Å². The first-order valence-corrected chi connectivity index (χ1v) is 16.9. The fraction of sp³-hybridized carbons (Fsp3) is 0.333. The molecule has 0 saturated carbocycles. The summed E-state index contributed by atoms with van der Waals surface area (Å²) in [5, 5.41) is 23.1. The molecule has 49 heavy (non-hydrogen) atoms. The molecule has 0 aliphatic heterocycles. The molecule has 5 rings (SSSR count). The molecule has 0 aliphatic carbocycles. The van der Waals surface area contributed by atoms with Crippen molar-refractivity contribution in [2.75, 3.05) is 18.0 Å². The van der Waals surface area contributed by atoms with E-state index >= 15 is 0 Å². The lowest BCUT2D eigenvalue weighted by molar-refractivity contribution is 0.0379. The first-order chi connectivity index (χ1) is 23.6. The fourth-order valence-electron chi connectivity index (χ4n) is 5.29. The Bertz CT molecular complexity index is 1970. The molecule has 0 unspecified atom stereocenters. The molecule has 1 heterocycles. The molecule has 0 fully saturated rings. The van der Waals surface area contributed by atoms with Crippen LogP contribution in [0.3, 0.4) is 0 Å². The predicted octanol–water partition coefficient (Wildman–Crippen LogP) is 10.6. The van der Waals surface area contributed by atoms with Crippen LogP contribution in [0.4, 0.5) is 28.6 Å². The lowest BCUT2D eigenvalue weighted by atomic mass is 10.1. The molecule has 5 aromatic rings. The highest BCUT2D eigenvalue weighted by Gasteiger charge is 2.23. The van der Waals surface area contributed by atoms with Gasteiger partial charge >= 0.3 is 11.5 Å². The zero-order valence-corrected chi connectivity index (χ0v) is 29.1. The Kier molecular flexibility index (Phi) is 11.5. The Hall–Kier alpha value is -5.38. The van der Waals surface area contributed by atoms with Crippen LogP contribution in [0.5, 0.6) is 0 Å². The zero-order valence-electron chi connectivity index (χ0n) is 29.1. The van der Waals surface area contributed by atoms with E-state index in [0.29, 0.717) is 34.7 Å². The van der Waals surface area contributed by atoms with E-state index in [-0.39, 0.29) is 22.9 Å².